The van der Waals surface area contributed by atoms with Gasteiger partial charge in [0.15, 0.2) is 0 Å². The second-order valence-electron chi connectivity index (χ2n) is 4.71. The molecule has 0 saturated carbocycles. The van der Waals surface area contributed by atoms with E-state index in [-0.39, 0.29) is 5.91 Å². The van der Waals surface area contributed by atoms with Crippen molar-refractivity contribution in [3.8, 4) is 0 Å². The van der Waals surface area contributed by atoms with Crippen molar-refractivity contribution in [1.82, 2.24) is 5.32 Å². The molecular weight excluding hydrogens is 264 g/mol. The highest BCUT2D eigenvalue weighted by Crippen LogP contribution is 2.05. The van der Waals surface area contributed by atoms with E-state index in [9.17, 15) is 4.79 Å². The van der Waals surface area contributed by atoms with Crippen LogP contribution >= 0.6 is 0 Å². The number of nitrogens with one attached hydrogen (secondary N) is 1. The number of hydrogen-bond donors (Lipinski definition) is 1. The van der Waals surface area contributed by atoms with Crippen LogP contribution in [0.15, 0.2) is 53.7 Å². The molecular formula is C17H18N2O2. The van der Waals surface area contributed by atoms with Gasteiger partial charge in [-0.25, -0.2) is 0 Å². The molecule has 108 valence electrons. The molecule has 0 saturated heterocycles. The third-order valence-corrected chi connectivity index (χ3v) is 3.05. The number of benzene rings is 2. The SMILES string of the molecule is CO/N=C/c1ccc(C(=O)NCc2ccc(C)cc2)cc1. The molecule has 0 atom stereocenters. The molecule has 21 heavy (non-hydrogen) atoms. The lowest BCUT2D eigenvalue weighted by Gasteiger charge is -2.06. The maximum Gasteiger partial charge on any atom is 0.251 e. The fourth-order valence-corrected chi connectivity index (χ4v) is 1.82. The number of aryl methyl sites for hydroxylation is 1. The van der Waals surface area contributed by atoms with Crippen LogP contribution in [0.1, 0.15) is 27.0 Å². The summed E-state index contributed by atoms with van der Waals surface area (Å²) in [5, 5.41) is 6.57. The van der Waals surface area contributed by atoms with Crippen molar-refractivity contribution in [2.75, 3.05) is 7.11 Å². The van der Waals surface area contributed by atoms with Crippen LogP contribution < -0.4 is 5.32 Å². The van der Waals surface area contributed by atoms with E-state index in [2.05, 4.69) is 15.3 Å². The lowest BCUT2D eigenvalue weighted by atomic mass is 10.1. The Morgan fingerprint density at radius 2 is 1.81 bits per heavy atom. The van der Waals surface area contributed by atoms with Gasteiger partial charge in [0.25, 0.3) is 5.91 Å². The average Bonchev–Trinajstić information content (AvgIpc) is 2.52. The first-order chi connectivity index (χ1) is 10.2. The minimum Gasteiger partial charge on any atom is -0.399 e. The van der Waals surface area contributed by atoms with Crippen molar-refractivity contribution >= 4 is 12.1 Å². The fraction of sp³-hybridized carbons (Fsp3) is 0.176. The molecule has 0 bridgehead atoms. The number of carbonyl (C=O) groups is 1. The fourth-order valence-electron chi connectivity index (χ4n) is 1.82. The van der Waals surface area contributed by atoms with E-state index in [1.54, 1.807) is 18.3 Å². The molecule has 0 fully saturated rings. The molecule has 0 aliphatic carbocycles. The van der Waals surface area contributed by atoms with Crippen molar-refractivity contribution in [2.45, 2.75) is 13.5 Å². The molecule has 2 aromatic rings. The zero-order chi connectivity index (χ0) is 15.1. The van der Waals surface area contributed by atoms with Crippen LogP contribution in [0.25, 0.3) is 0 Å². The Balaban J connectivity index is 1.93. The predicted molar refractivity (Wildman–Crippen MR) is 83.4 cm³/mol. The molecule has 1 amide bonds. The Kier molecular flexibility index (Phi) is 5.10. The monoisotopic (exact) mass is 282 g/mol. The highest BCUT2D eigenvalue weighted by Gasteiger charge is 2.04. The van der Waals surface area contributed by atoms with Gasteiger partial charge in [-0.05, 0) is 30.2 Å². The zero-order valence-electron chi connectivity index (χ0n) is 12.2. The second kappa shape index (κ2) is 7.24. The molecule has 0 aliphatic rings. The van der Waals surface area contributed by atoms with Gasteiger partial charge in [-0.1, -0.05) is 47.1 Å². The summed E-state index contributed by atoms with van der Waals surface area (Å²) in [5.41, 5.74) is 3.79. The topological polar surface area (TPSA) is 50.7 Å². The lowest BCUT2D eigenvalue weighted by Crippen LogP contribution is -2.22. The Bertz CT molecular complexity index is 616. The minimum absolute atomic E-state index is 0.0918. The van der Waals surface area contributed by atoms with Crippen LogP contribution in [-0.4, -0.2) is 19.2 Å². The first-order valence-electron chi connectivity index (χ1n) is 6.69. The first-order valence-corrected chi connectivity index (χ1v) is 6.69. The van der Waals surface area contributed by atoms with E-state index in [4.69, 9.17) is 0 Å². The molecule has 0 radical (unpaired) electrons. The number of hydrogen-bond acceptors (Lipinski definition) is 3. The summed E-state index contributed by atoms with van der Waals surface area (Å²) in [7, 11) is 1.49. The van der Waals surface area contributed by atoms with Gasteiger partial charge in [-0.3, -0.25) is 4.79 Å². The van der Waals surface area contributed by atoms with Crippen LogP contribution in [0.4, 0.5) is 0 Å². The third kappa shape index (κ3) is 4.45. The summed E-state index contributed by atoms with van der Waals surface area (Å²) in [5.74, 6) is -0.0918. The average molecular weight is 282 g/mol. The summed E-state index contributed by atoms with van der Waals surface area (Å²) >= 11 is 0. The van der Waals surface area contributed by atoms with Gasteiger partial charge in [-0.15, -0.1) is 0 Å². The Morgan fingerprint density at radius 1 is 1.14 bits per heavy atom. The largest absolute Gasteiger partial charge is 0.399 e. The minimum atomic E-state index is -0.0918. The third-order valence-electron chi connectivity index (χ3n) is 3.05. The smallest absolute Gasteiger partial charge is 0.251 e. The van der Waals surface area contributed by atoms with Gasteiger partial charge in [0.05, 0.1) is 6.21 Å². The molecule has 0 heterocycles. The summed E-state index contributed by atoms with van der Waals surface area (Å²) < 4.78 is 0. The quantitative estimate of drug-likeness (QED) is 0.677. The van der Waals surface area contributed by atoms with Gasteiger partial charge >= 0.3 is 0 Å². The van der Waals surface area contributed by atoms with E-state index < -0.39 is 0 Å². The maximum atomic E-state index is 12.0. The van der Waals surface area contributed by atoms with E-state index >= 15 is 0 Å². The van der Waals surface area contributed by atoms with Crippen LogP contribution in [0.2, 0.25) is 0 Å². The normalized spacial score (nSPS) is 10.6. The highest BCUT2D eigenvalue weighted by atomic mass is 16.6. The van der Waals surface area contributed by atoms with E-state index in [0.29, 0.717) is 12.1 Å². The van der Waals surface area contributed by atoms with Crippen LogP contribution in [0, 0.1) is 6.92 Å². The van der Waals surface area contributed by atoms with Gasteiger partial charge in [0.1, 0.15) is 7.11 Å². The molecule has 0 aromatic heterocycles. The van der Waals surface area contributed by atoms with Crippen LogP contribution in [0.5, 0.6) is 0 Å². The molecule has 4 nitrogen and oxygen atoms in total. The molecule has 2 aromatic carbocycles. The van der Waals surface area contributed by atoms with Crippen molar-refractivity contribution in [1.29, 1.82) is 0 Å². The van der Waals surface area contributed by atoms with Crippen molar-refractivity contribution in [3.05, 3.63) is 70.8 Å². The molecule has 0 spiro atoms. The standard InChI is InChI=1S/C17H18N2O2/c1-13-3-5-14(6-4-13)11-18-17(20)16-9-7-15(8-10-16)12-19-21-2/h3-10,12H,11H2,1-2H3,(H,18,20)/b19-12+. The number of carbonyl (C=O) groups excluding carboxylic acids is 1. The van der Waals surface area contributed by atoms with E-state index in [1.165, 1.54) is 12.7 Å². The summed E-state index contributed by atoms with van der Waals surface area (Å²) in [4.78, 5) is 16.7. The Hall–Kier alpha value is -2.62. The summed E-state index contributed by atoms with van der Waals surface area (Å²) in [6.07, 6.45) is 1.59. The lowest BCUT2D eigenvalue weighted by molar-refractivity contribution is 0.0951. The number of rotatable bonds is 5. The first kappa shape index (κ1) is 14.8. The summed E-state index contributed by atoms with van der Waals surface area (Å²) in [6, 6.07) is 15.3. The van der Waals surface area contributed by atoms with Crippen molar-refractivity contribution in [3.63, 3.8) is 0 Å². The molecule has 0 unspecified atom stereocenters. The Morgan fingerprint density at radius 3 is 2.43 bits per heavy atom. The number of amides is 1. The molecule has 1 N–H and O–H groups in total. The maximum absolute atomic E-state index is 12.0. The van der Waals surface area contributed by atoms with Crippen molar-refractivity contribution in [2.24, 2.45) is 5.16 Å². The predicted octanol–water partition coefficient (Wildman–Crippen LogP) is 2.91. The van der Waals surface area contributed by atoms with Gasteiger partial charge in [-0.2, -0.15) is 0 Å². The van der Waals surface area contributed by atoms with Gasteiger partial charge in [0, 0.05) is 12.1 Å². The van der Waals surface area contributed by atoms with Crippen LogP contribution in [0.3, 0.4) is 0 Å². The zero-order valence-corrected chi connectivity index (χ0v) is 12.2. The van der Waals surface area contributed by atoms with Gasteiger partial charge in [0.2, 0.25) is 0 Å². The molecule has 2 rings (SSSR count). The van der Waals surface area contributed by atoms with E-state index in [1.807, 2.05) is 43.3 Å². The highest BCUT2D eigenvalue weighted by molar-refractivity contribution is 5.94. The molecule has 0 aliphatic heterocycles. The van der Waals surface area contributed by atoms with Gasteiger partial charge < -0.3 is 10.2 Å². The second-order valence-corrected chi connectivity index (χ2v) is 4.71. The Labute approximate surface area is 124 Å². The van der Waals surface area contributed by atoms with E-state index in [0.717, 1.165) is 11.1 Å². The summed E-state index contributed by atoms with van der Waals surface area (Å²) in [6.45, 7) is 2.56. The molecule has 4 heteroatoms. The number of oxime groups is 1. The number of nitrogens with zero attached hydrogens (tertiary/aromatic N) is 1. The van der Waals surface area contributed by atoms with Crippen molar-refractivity contribution < 1.29 is 9.63 Å². The van der Waals surface area contributed by atoms with Crippen LogP contribution in [-0.2, 0) is 11.4 Å².